The standard InChI is InChI=1S/C16H17BrO2/c1-2-3-12-18-15-6-4-5-7-16(15)19-14-10-8-13(17)9-11-14/h4-11H,2-3,12H2,1H3. The van der Waals surface area contributed by atoms with E-state index < -0.39 is 0 Å². The molecule has 0 radical (unpaired) electrons. The van der Waals surface area contributed by atoms with Crippen molar-refractivity contribution in [2.75, 3.05) is 6.61 Å². The smallest absolute Gasteiger partial charge is 0.169 e. The number of ether oxygens (including phenoxy) is 2. The van der Waals surface area contributed by atoms with Gasteiger partial charge in [-0.15, -0.1) is 0 Å². The van der Waals surface area contributed by atoms with E-state index in [0.29, 0.717) is 0 Å². The summed E-state index contributed by atoms with van der Waals surface area (Å²) in [7, 11) is 0. The highest BCUT2D eigenvalue weighted by atomic mass is 79.9. The van der Waals surface area contributed by atoms with Gasteiger partial charge in [0.2, 0.25) is 0 Å². The Bertz CT molecular complexity index is 508. The van der Waals surface area contributed by atoms with Crippen molar-refractivity contribution in [3.8, 4) is 17.2 Å². The van der Waals surface area contributed by atoms with Crippen molar-refractivity contribution in [3.05, 3.63) is 53.0 Å². The highest BCUT2D eigenvalue weighted by Crippen LogP contribution is 2.31. The van der Waals surface area contributed by atoms with Crippen LogP contribution in [0.15, 0.2) is 53.0 Å². The summed E-state index contributed by atoms with van der Waals surface area (Å²) in [6.45, 7) is 2.87. The topological polar surface area (TPSA) is 18.5 Å². The number of unbranched alkanes of at least 4 members (excludes halogenated alkanes) is 1. The zero-order valence-electron chi connectivity index (χ0n) is 10.9. The maximum absolute atomic E-state index is 5.85. The van der Waals surface area contributed by atoms with E-state index >= 15 is 0 Å². The minimum absolute atomic E-state index is 0.719. The summed E-state index contributed by atoms with van der Waals surface area (Å²) >= 11 is 3.41. The van der Waals surface area contributed by atoms with Gasteiger partial charge >= 0.3 is 0 Å². The van der Waals surface area contributed by atoms with Crippen molar-refractivity contribution in [1.82, 2.24) is 0 Å². The Hall–Kier alpha value is -1.48. The summed E-state index contributed by atoms with van der Waals surface area (Å²) in [5.74, 6) is 2.34. The van der Waals surface area contributed by atoms with Crippen LogP contribution in [-0.2, 0) is 0 Å². The van der Waals surface area contributed by atoms with E-state index in [1.807, 2.05) is 48.5 Å². The van der Waals surface area contributed by atoms with E-state index in [9.17, 15) is 0 Å². The fraction of sp³-hybridized carbons (Fsp3) is 0.250. The molecule has 0 fully saturated rings. The minimum atomic E-state index is 0.719. The molecule has 2 aromatic rings. The van der Waals surface area contributed by atoms with Crippen LogP contribution in [0.3, 0.4) is 0 Å². The molecule has 0 unspecified atom stereocenters. The first-order valence-electron chi connectivity index (χ1n) is 6.45. The second-order valence-corrected chi connectivity index (χ2v) is 5.12. The molecule has 0 spiro atoms. The third kappa shape index (κ3) is 4.28. The summed E-state index contributed by atoms with van der Waals surface area (Å²) in [6, 6.07) is 15.5. The van der Waals surface area contributed by atoms with Gasteiger partial charge < -0.3 is 9.47 Å². The summed E-state index contributed by atoms with van der Waals surface area (Å²) in [4.78, 5) is 0. The summed E-state index contributed by atoms with van der Waals surface area (Å²) < 4.78 is 12.6. The summed E-state index contributed by atoms with van der Waals surface area (Å²) in [6.07, 6.45) is 2.17. The molecule has 0 N–H and O–H groups in total. The number of halogens is 1. The van der Waals surface area contributed by atoms with E-state index in [1.165, 1.54) is 0 Å². The normalized spacial score (nSPS) is 10.2. The average Bonchev–Trinajstić information content (AvgIpc) is 2.43. The zero-order chi connectivity index (χ0) is 13.5. The third-order valence-corrected chi connectivity index (χ3v) is 3.17. The minimum Gasteiger partial charge on any atom is -0.490 e. The van der Waals surface area contributed by atoms with Crippen molar-refractivity contribution in [2.24, 2.45) is 0 Å². The Labute approximate surface area is 122 Å². The highest BCUT2D eigenvalue weighted by Gasteiger charge is 2.05. The van der Waals surface area contributed by atoms with Crippen LogP contribution in [-0.4, -0.2) is 6.61 Å². The quantitative estimate of drug-likeness (QED) is 0.661. The highest BCUT2D eigenvalue weighted by molar-refractivity contribution is 9.10. The first-order valence-corrected chi connectivity index (χ1v) is 7.24. The number of benzene rings is 2. The second-order valence-electron chi connectivity index (χ2n) is 4.20. The number of hydrogen-bond donors (Lipinski definition) is 0. The molecular formula is C16H17BrO2. The Morgan fingerprint density at radius 2 is 1.63 bits per heavy atom. The molecule has 2 aromatic carbocycles. The van der Waals surface area contributed by atoms with E-state index in [0.717, 1.165) is 41.2 Å². The van der Waals surface area contributed by atoms with Gasteiger partial charge in [0.15, 0.2) is 11.5 Å². The molecule has 0 bridgehead atoms. The number of hydrogen-bond acceptors (Lipinski definition) is 2. The van der Waals surface area contributed by atoms with Crippen LogP contribution < -0.4 is 9.47 Å². The molecule has 0 saturated heterocycles. The van der Waals surface area contributed by atoms with Crippen LogP contribution >= 0.6 is 15.9 Å². The lowest BCUT2D eigenvalue weighted by Gasteiger charge is -2.12. The van der Waals surface area contributed by atoms with Crippen LogP contribution in [0.4, 0.5) is 0 Å². The van der Waals surface area contributed by atoms with Gasteiger partial charge in [0.25, 0.3) is 0 Å². The van der Waals surface area contributed by atoms with Crippen LogP contribution in [0.2, 0.25) is 0 Å². The van der Waals surface area contributed by atoms with Gasteiger partial charge in [-0.05, 0) is 42.8 Å². The van der Waals surface area contributed by atoms with Crippen LogP contribution in [0, 0.1) is 0 Å². The van der Waals surface area contributed by atoms with Crippen molar-refractivity contribution < 1.29 is 9.47 Å². The monoisotopic (exact) mass is 320 g/mol. The molecule has 100 valence electrons. The molecule has 0 atom stereocenters. The lowest BCUT2D eigenvalue weighted by atomic mass is 10.3. The van der Waals surface area contributed by atoms with Gasteiger partial charge in [-0.1, -0.05) is 41.4 Å². The summed E-state index contributed by atoms with van der Waals surface area (Å²) in [5.41, 5.74) is 0. The Kier molecular flexibility index (Phi) is 5.28. The van der Waals surface area contributed by atoms with Crippen LogP contribution in [0.25, 0.3) is 0 Å². The molecule has 0 heterocycles. The van der Waals surface area contributed by atoms with Crippen molar-refractivity contribution >= 4 is 15.9 Å². The molecule has 0 amide bonds. The molecule has 3 heteroatoms. The molecule has 0 aliphatic heterocycles. The van der Waals surface area contributed by atoms with E-state index in [-0.39, 0.29) is 0 Å². The Morgan fingerprint density at radius 3 is 2.32 bits per heavy atom. The van der Waals surface area contributed by atoms with Gasteiger partial charge in [-0.25, -0.2) is 0 Å². The molecule has 2 rings (SSSR count). The first-order chi connectivity index (χ1) is 9.29. The predicted molar refractivity (Wildman–Crippen MR) is 81.1 cm³/mol. The maximum Gasteiger partial charge on any atom is 0.169 e. The largest absolute Gasteiger partial charge is 0.490 e. The zero-order valence-corrected chi connectivity index (χ0v) is 12.5. The van der Waals surface area contributed by atoms with Crippen LogP contribution in [0.5, 0.6) is 17.2 Å². The molecule has 0 aromatic heterocycles. The van der Waals surface area contributed by atoms with E-state index in [2.05, 4.69) is 22.9 Å². The molecular weight excluding hydrogens is 304 g/mol. The lowest BCUT2D eigenvalue weighted by Crippen LogP contribution is -1.98. The molecule has 2 nitrogen and oxygen atoms in total. The fourth-order valence-corrected chi connectivity index (χ4v) is 1.87. The third-order valence-electron chi connectivity index (χ3n) is 2.65. The van der Waals surface area contributed by atoms with Crippen LogP contribution in [0.1, 0.15) is 19.8 Å². The molecule has 19 heavy (non-hydrogen) atoms. The SMILES string of the molecule is CCCCOc1ccccc1Oc1ccc(Br)cc1. The summed E-state index contributed by atoms with van der Waals surface area (Å²) in [5, 5.41) is 0. The predicted octanol–water partition coefficient (Wildman–Crippen LogP) is 5.42. The first kappa shape index (κ1) is 13.9. The van der Waals surface area contributed by atoms with E-state index in [1.54, 1.807) is 0 Å². The van der Waals surface area contributed by atoms with Gasteiger partial charge in [0.1, 0.15) is 5.75 Å². The van der Waals surface area contributed by atoms with Gasteiger partial charge in [-0.3, -0.25) is 0 Å². The number of para-hydroxylation sites is 2. The second kappa shape index (κ2) is 7.19. The van der Waals surface area contributed by atoms with Crippen molar-refractivity contribution in [1.29, 1.82) is 0 Å². The Balaban J connectivity index is 2.08. The molecule has 0 aliphatic carbocycles. The average molecular weight is 321 g/mol. The maximum atomic E-state index is 5.85. The molecule has 0 saturated carbocycles. The number of rotatable bonds is 6. The van der Waals surface area contributed by atoms with Gasteiger partial charge in [-0.2, -0.15) is 0 Å². The lowest BCUT2D eigenvalue weighted by molar-refractivity contribution is 0.295. The van der Waals surface area contributed by atoms with E-state index in [4.69, 9.17) is 9.47 Å². The Morgan fingerprint density at radius 1 is 0.947 bits per heavy atom. The van der Waals surface area contributed by atoms with Gasteiger partial charge in [0, 0.05) is 4.47 Å². The van der Waals surface area contributed by atoms with Crippen molar-refractivity contribution in [2.45, 2.75) is 19.8 Å². The van der Waals surface area contributed by atoms with Crippen molar-refractivity contribution in [3.63, 3.8) is 0 Å². The fourth-order valence-electron chi connectivity index (χ4n) is 1.61. The molecule has 0 aliphatic rings. The van der Waals surface area contributed by atoms with Gasteiger partial charge in [0.05, 0.1) is 6.61 Å².